The summed E-state index contributed by atoms with van der Waals surface area (Å²) in [4.78, 5) is 11.3. The van der Waals surface area contributed by atoms with Crippen molar-refractivity contribution < 1.29 is 9.47 Å². The SMILES string of the molecule is CC(C)Oc1ccc(NC(=NCc2cccnc2N(C)C)NCCCOCC2CC2)cc1.I. The molecule has 33 heavy (non-hydrogen) atoms. The molecule has 1 aliphatic carbocycles. The number of anilines is 2. The Morgan fingerprint density at radius 1 is 1.18 bits per heavy atom. The van der Waals surface area contributed by atoms with Gasteiger partial charge in [-0.2, -0.15) is 0 Å². The molecule has 0 unspecified atom stereocenters. The molecule has 0 bridgehead atoms. The van der Waals surface area contributed by atoms with Crippen LogP contribution in [0.2, 0.25) is 0 Å². The summed E-state index contributed by atoms with van der Waals surface area (Å²) >= 11 is 0. The summed E-state index contributed by atoms with van der Waals surface area (Å²) in [5.41, 5.74) is 2.03. The van der Waals surface area contributed by atoms with Crippen LogP contribution in [0.25, 0.3) is 0 Å². The first-order valence-corrected chi connectivity index (χ1v) is 11.5. The van der Waals surface area contributed by atoms with Gasteiger partial charge in [0.05, 0.1) is 12.6 Å². The number of aliphatic imine (C=N–C) groups is 1. The zero-order valence-electron chi connectivity index (χ0n) is 20.2. The number of hydrogen-bond donors (Lipinski definition) is 2. The normalized spacial score (nSPS) is 13.4. The Morgan fingerprint density at radius 3 is 2.61 bits per heavy atom. The molecule has 8 heteroatoms. The fourth-order valence-electron chi connectivity index (χ4n) is 3.20. The van der Waals surface area contributed by atoms with Gasteiger partial charge in [0, 0.05) is 51.3 Å². The highest BCUT2D eigenvalue weighted by molar-refractivity contribution is 14.0. The third-order valence-electron chi connectivity index (χ3n) is 5.00. The van der Waals surface area contributed by atoms with Crippen molar-refractivity contribution in [3.05, 3.63) is 48.2 Å². The van der Waals surface area contributed by atoms with Crippen LogP contribution in [0.5, 0.6) is 5.75 Å². The summed E-state index contributed by atoms with van der Waals surface area (Å²) in [7, 11) is 3.99. The molecule has 0 radical (unpaired) electrons. The molecule has 1 aromatic carbocycles. The Balaban J connectivity index is 0.00000385. The average Bonchev–Trinajstić information content (AvgIpc) is 3.59. The summed E-state index contributed by atoms with van der Waals surface area (Å²) in [6.07, 6.45) is 5.54. The van der Waals surface area contributed by atoms with Crippen LogP contribution in [-0.2, 0) is 11.3 Å². The van der Waals surface area contributed by atoms with Gasteiger partial charge in [-0.05, 0) is 69.4 Å². The van der Waals surface area contributed by atoms with Gasteiger partial charge in [0.15, 0.2) is 5.96 Å². The second kappa shape index (κ2) is 14.2. The topological polar surface area (TPSA) is 71.0 Å². The first-order chi connectivity index (χ1) is 15.5. The monoisotopic (exact) mass is 567 g/mol. The van der Waals surface area contributed by atoms with Gasteiger partial charge in [0.25, 0.3) is 0 Å². The largest absolute Gasteiger partial charge is 0.491 e. The van der Waals surface area contributed by atoms with E-state index in [9.17, 15) is 0 Å². The summed E-state index contributed by atoms with van der Waals surface area (Å²) in [5, 5.41) is 6.84. The lowest BCUT2D eigenvalue weighted by molar-refractivity contribution is 0.123. The zero-order valence-corrected chi connectivity index (χ0v) is 22.5. The van der Waals surface area contributed by atoms with Gasteiger partial charge in [-0.25, -0.2) is 9.98 Å². The minimum atomic E-state index is 0. The van der Waals surface area contributed by atoms with Crippen LogP contribution in [0.15, 0.2) is 47.6 Å². The second-order valence-corrected chi connectivity index (χ2v) is 8.66. The number of pyridine rings is 1. The van der Waals surface area contributed by atoms with Gasteiger partial charge in [-0.3, -0.25) is 0 Å². The molecule has 7 nitrogen and oxygen atoms in total. The van der Waals surface area contributed by atoms with E-state index in [1.165, 1.54) is 12.8 Å². The number of nitrogens with zero attached hydrogens (tertiary/aromatic N) is 3. The first kappa shape index (κ1) is 27.2. The molecule has 1 saturated carbocycles. The number of nitrogens with one attached hydrogen (secondary N) is 2. The summed E-state index contributed by atoms with van der Waals surface area (Å²) in [5.74, 6) is 3.32. The van der Waals surface area contributed by atoms with Crippen LogP contribution < -0.4 is 20.3 Å². The molecule has 2 N–H and O–H groups in total. The van der Waals surface area contributed by atoms with Crippen LogP contribution in [0, 0.1) is 5.92 Å². The van der Waals surface area contributed by atoms with Crippen molar-refractivity contribution in [2.45, 2.75) is 45.8 Å². The highest BCUT2D eigenvalue weighted by Crippen LogP contribution is 2.28. The smallest absolute Gasteiger partial charge is 0.196 e. The van der Waals surface area contributed by atoms with E-state index in [-0.39, 0.29) is 30.1 Å². The van der Waals surface area contributed by atoms with Crippen LogP contribution in [0.4, 0.5) is 11.5 Å². The molecule has 1 aromatic heterocycles. The van der Waals surface area contributed by atoms with E-state index in [0.717, 1.165) is 60.9 Å². The van der Waals surface area contributed by atoms with Gasteiger partial charge in [-0.15, -0.1) is 24.0 Å². The summed E-state index contributed by atoms with van der Waals surface area (Å²) in [6.45, 7) is 7.04. The lowest BCUT2D eigenvalue weighted by Gasteiger charge is -2.16. The molecule has 182 valence electrons. The van der Waals surface area contributed by atoms with E-state index in [1.54, 1.807) is 0 Å². The van der Waals surface area contributed by atoms with E-state index in [0.29, 0.717) is 6.54 Å². The van der Waals surface area contributed by atoms with Crippen molar-refractivity contribution in [3.63, 3.8) is 0 Å². The average molecular weight is 568 g/mol. The Kier molecular flexibility index (Phi) is 11.7. The molecule has 1 fully saturated rings. The molecule has 1 aliphatic rings. The van der Waals surface area contributed by atoms with Crippen molar-refractivity contribution in [3.8, 4) is 5.75 Å². The number of benzene rings is 1. The number of halogens is 1. The van der Waals surface area contributed by atoms with Crippen molar-refractivity contribution in [1.82, 2.24) is 10.3 Å². The van der Waals surface area contributed by atoms with Crippen molar-refractivity contribution >= 4 is 41.4 Å². The molecule has 1 heterocycles. The summed E-state index contributed by atoms with van der Waals surface area (Å²) in [6, 6.07) is 12.0. The van der Waals surface area contributed by atoms with Gasteiger partial charge in [0.2, 0.25) is 0 Å². The highest BCUT2D eigenvalue weighted by atomic mass is 127. The molecule has 0 spiro atoms. The Bertz CT molecular complexity index is 854. The van der Waals surface area contributed by atoms with E-state index >= 15 is 0 Å². The van der Waals surface area contributed by atoms with Crippen LogP contribution in [-0.4, -0.2) is 50.9 Å². The van der Waals surface area contributed by atoms with E-state index < -0.39 is 0 Å². The minimum absolute atomic E-state index is 0. The van der Waals surface area contributed by atoms with Crippen molar-refractivity contribution in [2.75, 3.05) is 44.1 Å². The lowest BCUT2D eigenvalue weighted by atomic mass is 10.2. The van der Waals surface area contributed by atoms with Crippen LogP contribution in [0.1, 0.15) is 38.7 Å². The van der Waals surface area contributed by atoms with Crippen molar-refractivity contribution in [1.29, 1.82) is 0 Å². The highest BCUT2D eigenvalue weighted by Gasteiger charge is 2.20. The third kappa shape index (κ3) is 10.2. The Labute approximate surface area is 215 Å². The lowest BCUT2D eigenvalue weighted by Crippen LogP contribution is -2.32. The minimum Gasteiger partial charge on any atom is -0.491 e. The fraction of sp³-hybridized carbons (Fsp3) is 0.520. The van der Waals surface area contributed by atoms with Crippen molar-refractivity contribution in [2.24, 2.45) is 10.9 Å². The maximum Gasteiger partial charge on any atom is 0.196 e. The van der Waals surface area contributed by atoms with Gasteiger partial charge in [0.1, 0.15) is 11.6 Å². The Hall–Kier alpha value is -2.07. The molecular weight excluding hydrogens is 529 g/mol. The Morgan fingerprint density at radius 2 is 1.94 bits per heavy atom. The molecule has 2 aromatic rings. The summed E-state index contributed by atoms with van der Waals surface area (Å²) < 4.78 is 11.5. The quantitative estimate of drug-likeness (QED) is 0.164. The van der Waals surface area contributed by atoms with E-state index in [4.69, 9.17) is 14.5 Å². The predicted octanol–water partition coefficient (Wildman–Crippen LogP) is 4.93. The molecular formula is C25H38IN5O2. The maximum absolute atomic E-state index is 5.75. The molecule has 0 aliphatic heterocycles. The van der Waals surface area contributed by atoms with Gasteiger partial charge >= 0.3 is 0 Å². The number of hydrogen-bond acceptors (Lipinski definition) is 5. The number of guanidine groups is 1. The first-order valence-electron chi connectivity index (χ1n) is 11.5. The molecule has 3 rings (SSSR count). The molecule has 0 saturated heterocycles. The maximum atomic E-state index is 5.75. The fourth-order valence-corrected chi connectivity index (χ4v) is 3.20. The van der Waals surface area contributed by atoms with Crippen LogP contribution in [0.3, 0.4) is 0 Å². The van der Waals surface area contributed by atoms with E-state index in [2.05, 4.69) is 21.7 Å². The van der Waals surface area contributed by atoms with Crippen LogP contribution >= 0.6 is 24.0 Å². The number of ether oxygens (including phenoxy) is 2. The number of rotatable bonds is 12. The van der Waals surface area contributed by atoms with E-state index in [1.807, 2.05) is 69.4 Å². The second-order valence-electron chi connectivity index (χ2n) is 8.66. The third-order valence-corrected chi connectivity index (χ3v) is 5.00. The standard InChI is InChI=1S/C25H37N5O2.HI/c1-19(2)32-23-12-10-22(11-13-23)29-25(27-15-6-16-31-18-20-8-9-20)28-17-21-7-5-14-26-24(21)30(3)4;/h5,7,10-14,19-20H,6,8-9,15-18H2,1-4H3,(H2,27,28,29);1H. The predicted molar refractivity (Wildman–Crippen MR) is 147 cm³/mol. The zero-order chi connectivity index (χ0) is 22.8. The van der Waals surface area contributed by atoms with Gasteiger partial charge < -0.3 is 25.0 Å². The number of aromatic nitrogens is 1. The molecule has 0 atom stereocenters. The van der Waals surface area contributed by atoms with Gasteiger partial charge in [-0.1, -0.05) is 6.07 Å². The molecule has 0 amide bonds.